The lowest BCUT2D eigenvalue weighted by Crippen LogP contribution is -2.33. The van der Waals surface area contributed by atoms with Crippen LogP contribution in [0.1, 0.15) is 39.8 Å². The van der Waals surface area contributed by atoms with Crippen molar-refractivity contribution >= 4 is 30.0 Å². The van der Waals surface area contributed by atoms with Crippen molar-refractivity contribution in [2.75, 3.05) is 0 Å². The van der Waals surface area contributed by atoms with Gasteiger partial charge in [-0.2, -0.15) is 0 Å². The molecule has 0 fully saturated rings. The van der Waals surface area contributed by atoms with E-state index in [2.05, 4.69) is 0 Å². The van der Waals surface area contributed by atoms with E-state index in [-0.39, 0.29) is 27.8 Å². The first-order valence-corrected chi connectivity index (χ1v) is 15.4. The minimum atomic E-state index is -1.90. The molecule has 0 saturated carbocycles. The van der Waals surface area contributed by atoms with Gasteiger partial charge in [-0.05, 0) is 70.8 Å². The normalized spacial score (nSPS) is 15.9. The highest BCUT2D eigenvalue weighted by Gasteiger charge is 2.46. The number of phenolic OH excluding ortho intramolecular Hbond substituents is 8. The van der Waals surface area contributed by atoms with Gasteiger partial charge in [0.15, 0.2) is 46.0 Å². The number of ether oxygens (including phenoxy) is 3. The maximum absolute atomic E-state index is 14.0. The van der Waals surface area contributed by atoms with E-state index in [0.29, 0.717) is 0 Å². The molecule has 4 atom stereocenters. The van der Waals surface area contributed by atoms with Crippen LogP contribution in [0.2, 0.25) is 0 Å². The number of rotatable bonds is 12. The molecule has 1 aliphatic heterocycles. The molecule has 0 amide bonds. The average molecular weight is 735 g/mol. The fraction of sp³-hybridized carbons (Fsp3) is 0.167. The molecule has 4 unspecified atom stereocenters. The molecule has 0 aliphatic carbocycles. The lowest BCUT2D eigenvalue weighted by Gasteiger charge is -2.22. The van der Waals surface area contributed by atoms with Crippen molar-refractivity contribution in [3.05, 3.63) is 94.6 Å². The Kier molecular flexibility index (Phi) is 10.4. The number of esters is 2. The first-order chi connectivity index (χ1) is 25.0. The summed E-state index contributed by atoms with van der Waals surface area (Å²) in [5.41, 5.74) is -0.0859. The number of aromatic hydroxyl groups is 8. The molecule has 0 aromatic heterocycles. The molecule has 0 radical (unpaired) electrons. The first-order valence-electron chi connectivity index (χ1n) is 15.4. The molecular weight excluding hydrogens is 704 g/mol. The molecule has 0 saturated heterocycles. The first kappa shape index (κ1) is 37.0. The molecule has 0 spiro atoms. The van der Waals surface area contributed by atoms with Gasteiger partial charge in [0.25, 0.3) is 0 Å². The summed E-state index contributed by atoms with van der Waals surface area (Å²) in [4.78, 5) is 50.9. The minimum Gasteiger partial charge on any atom is -0.504 e. The molecule has 53 heavy (non-hydrogen) atoms. The van der Waals surface area contributed by atoms with Gasteiger partial charge in [0.05, 0.1) is 0 Å². The van der Waals surface area contributed by atoms with E-state index in [0.717, 1.165) is 54.6 Å². The second-order valence-electron chi connectivity index (χ2n) is 11.8. The Hall–Kier alpha value is -7.30. The molecule has 10 N–H and O–H groups in total. The molecule has 4 aromatic rings. The lowest BCUT2D eigenvalue weighted by molar-refractivity contribution is -0.166. The summed E-state index contributed by atoms with van der Waals surface area (Å²) in [7, 11) is 0. The zero-order valence-corrected chi connectivity index (χ0v) is 27.0. The van der Waals surface area contributed by atoms with Crippen molar-refractivity contribution in [3.8, 4) is 51.7 Å². The third kappa shape index (κ3) is 8.04. The number of fused-ring (bicyclic) bond motifs is 1. The zero-order chi connectivity index (χ0) is 38.7. The van der Waals surface area contributed by atoms with Crippen molar-refractivity contribution in [3.63, 3.8) is 0 Å². The van der Waals surface area contributed by atoms with E-state index in [1.807, 2.05) is 0 Å². The highest BCUT2D eigenvalue weighted by Crippen LogP contribution is 2.55. The van der Waals surface area contributed by atoms with E-state index in [1.54, 1.807) is 0 Å². The molecule has 1 heterocycles. The Balaban J connectivity index is 1.50. The number of carboxylic acid groups (broad SMARTS) is 2. The van der Waals surface area contributed by atoms with E-state index >= 15 is 0 Å². The predicted molar refractivity (Wildman–Crippen MR) is 177 cm³/mol. The summed E-state index contributed by atoms with van der Waals surface area (Å²) < 4.78 is 16.3. The van der Waals surface area contributed by atoms with E-state index < -0.39 is 113 Å². The summed E-state index contributed by atoms with van der Waals surface area (Å²) in [5, 5.41) is 99.7. The van der Waals surface area contributed by atoms with Crippen molar-refractivity contribution in [2.24, 2.45) is 0 Å². The standard InChI is InChI=1S/C36H30O17/c37-19-5-1-15(9-22(19)40)11-26(34(46)47)51-28(44)8-4-17-13-25(43)31(45)33-29(17)30(32(53-33)18-3-7-21(39)24(42)14-18)36(50)52-27(35(48)49)12-16-2-6-20(38)23(41)10-16/h1-10,13-14,26-27,30,32,37-43,45H,11-12H2,(H,46,47)(H,48,49). The Morgan fingerprint density at radius 3 is 1.66 bits per heavy atom. The van der Waals surface area contributed by atoms with Gasteiger partial charge in [-0.1, -0.05) is 18.2 Å². The number of aliphatic carboxylic acids is 2. The van der Waals surface area contributed by atoms with Crippen LogP contribution in [0, 0.1) is 0 Å². The molecule has 17 nitrogen and oxygen atoms in total. The van der Waals surface area contributed by atoms with Crippen LogP contribution in [0.15, 0.2) is 66.7 Å². The molecule has 276 valence electrons. The van der Waals surface area contributed by atoms with Gasteiger partial charge in [0.1, 0.15) is 12.0 Å². The summed E-state index contributed by atoms with van der Waals surface area (Å²) in [6.07, 6.45) is -4.39. The summed E-state index contributed by atoms with van der Waals surface area (Å²) >= 11 is 0. The van der Waals surface area contributed by atoms with Gasteiger partial charge in [0.2, 0.25) is 18.0 Å². The highest BCUT2D eigenvalue weighted by atomic mass is 16.6. The number of carboxylic acids is 2. The SMILES string of the molecule is O=C(C=Cc1cc(O)c(O)c2c1C(C(=O)OC(Cc1ccc(O)c(O)c1)C(=O)O)C(c1ccc(O)c(O)c1)O2)OC(Cc1ccc(O)c(O)c1)C(=O)O. The van der Waals surface area contributed by atoms with Crippen LogP contribution in [-0.2, 0) is 41.5 Å². The number of hydrogen-bond donors (Lipinski definition) is 10. The van der Waals surface area contributed by atoms with Gasteiger partial charge < -0.3 is 65.3 Å². The fourth-order valence-corrected chi connectivity index (χ4v) is 5.54. The van der Waals surface area contributed by atoms with Crippen LogP contribution in [0.3, 0.4) is 0 Å². The van der Waals surface area contributed by atoms with Crippen LogP contribution in [0.4, 0.5) is 0 Å². The van der Waals surface area contributed by atoms with E-state index in [1.165, 1.54) is 18.2 Å². The second-order valence-corrected chi connectivity index (χ2v) is 11.8. The summed E-state index contributed by atoms with van der Waals surface area (Å²) in [6, 6.07) is 11.1. The second kappa shape index (κ2) is 14.9. The van der Waals surface area contributed by atoms with Crippen LogP contribution in [0.25, 0.3) is 6.08 Å². The van der Waals surface area contributed by atoms with Crippen molar-refractivity contribution in [1.29, 1.82) is 0 Å². The van der Waals surface area contributed by atoms with Gasteiger partial charge in [-0.25, -0.2) is 14.4 Å². The minimum absolute atomic E-state index is 0.00609. The van der Waals surface area contributed by atoms with E-state index in [9.17, 15) is 70.2 Å². The Bertz CT molecular complexity index is 2140. The number of carbonyl (C=O) groups is 4. The van der Waals surface area contributed by atoms with Crippen molar-refractivity contribution in [1.82, 2.24) is 0 Å². The van der Waals surface area contributed by atoms with Crippen LogP contribution in [0.5, 0.6) is 51.7 Å². The monoisotopic (exact) mass is 734 g/mol. The number of phenols is 8. The number of benzene rings is 4. The van der Waals surface area contributed by atoms with Gasteiger partial charge in [-0.3, -0.25) is 4.79 Å². The molecule has 17 heteroatoms. The smallest absolute Gasteiger partial charge is 0.345 e. The summed E-state index contributed by atoms with van der Waals surface area (Å²) in [6.45, 7) is 0. The number of hydrogen-bond acceptors (Lipinski definition) is 15. The quantitative estimate of drug-likeness (QED) is 0.0568. The molecular formula is C36H30O17. The Morgan fingerprint density at radius 1 is 0.642 bits per heavy atom. The topological polar surface area (TPSA) is 298 Å². The lowest BCUT2D eigenvalue weighted by atomic mass is 9.87. The zero-order valence-electron chi connectivity index (χ0n) is 27.0. The Labute approximate surface area is 297 Å². The van der Waals surface area contributed by atoms with Crippen LogP contribution in [-0.4, -0.2) is 87.2 Å². The average Bonchev–Trinajstić information content (AvgIpc) is 3.51. The third-order valence-electron chi connectivity index (χ3n) is 8.13. The maximum Gasteiger partial charge on any atom is 0.345 e. The third-order valence-corrected chi connectivity index (χ3v) is 8.13. The van der Waals surface area contributed by atoms with Crippen molar-refractivity contribution in [2.45, 2.75) is 37.1 Å². The molecule has 5 rings (SSSR count). The maximum atomic E-state index is 14.0. The Morgan fingerprint density at radius 2 is 1.15 bits per heavy atom. The largest absolute Gasteiger partial charge is 0.504 e. The molecule has 1 aliphatic rings. The van der Waals surface area contributed by atoms with E-state index in [4.69, 9.17) is 14.2 Å². The fourth-order valence-electron chi connectivity index (χ4n) is 5.54. The predicted octanol–water partition coefficient (Wildman–Crippen LogP) is 3.04. The van der Waals surface area contributed by atoms with Crippen LogP contribution >= 0.6 is 0 Å². The van der Waals surface area contributed by atoms with Gasteiger partial charge in [0, 0.05) is 24.5 Å². The van der Waals surface area contributed by atoms with Crippen LogP contribution < -0.4 is 4.74 Å². The van der Waals surface area contributed by atoms with Crippen molar-refractivity contribution < 1.29 is 84.5 Å². The molecule has 0 bridgehead atoms. The van der Waals surface area contributed by atoms with Gasteiger partial charge >= 0.3 is 23.9 Å². The highest BCUT2D eigenvalue weighted by molar-refractivity contribution is 5.92. The summed E-state index contributed by atoms with van der Waals surface area (Å²) in [5.74, 6) is -12.8. The van der Waals surface area contributed by atoms with Gasteiger partial charge in [-0.15, -0.1) is 0 Å². The molecule has 4 aromatic carbocycles. The number of carbonyl (C=O) groups excluding carboxylic acids is 2.